The van der Waals surface area contributed by atoms with Gasteiger partial charge in [-0.15, -0.1) is 0 Å². The highest BCUT2D eigenvalue weighted by Gasteiger charge is 2.11. The second kappa shape index (κ2) is 5.23. The number of hydrogen-bond acceptors (Lipinski definition) is 4. The molecule has 0 saturated carbocycles. The molecule has 2 rings (SSSR count). The lowest BCUT2D eigenvalue weighted by molar-refractivity contribution is 0.111. The Bertz CT molecular complexity index is 549. The van der Waals surface area contributed by atoms with Crippen LogP contribution >= 0.6 is 0 Å². The van der Waals surface area contributed by atoms with Gasteiger partial charge in [-0.1, -0.05) is 30.3 Å². The van der Waals surface area contributed by atoms with E-state index in [1.54, 1.807) is 0 Å². The SMILES string of the molecule is O=Cc1c(O)cc(O)cc1OCc1ccccc1. The van der Waals surface area contributed by atoms with E-state index in [0.29, 0.717) is 6.29 Å². The maximum atomic E-state index is 10.8. The molecule has 4 nitrogen and oxygen atoms in total. The number of aromatic hydroxyl groups is 2. The van der Waals surface area contributed by atoms with Crippen LogP contribution in [0.5, 0.6) is 17.2 Å². The van der Waals surface area contributed by atoms with Crippen LogP contribution in [0.1, 0.15) is 15.9 Å². The molecule has 0 bridgehead atoms. The van der Waals surface area contributed by atoms with Gasteiger partial charge in [0, 0.05) is 12.1 Å². The molecule has 2 aromatic rings. The first-order valence-corrected chi connectivity index (χ1v) is 5.38. The zero-order valence-electron chi connectivity index (χ0n) is 9.54. The third-order valence-corrected chi connectivity index (χ3v) is 2.46. The van der Waals surface area contributed by atoms with E-state index in [4.69, 9.17) is 4.74 Å². The molecule has 0 aliphatic heterocycles. The van der Waals surface area contributed by atoms with Crippen molar-refractivity contribution in [2.75, 3.05) is 0 Å². The van der Waals surface area contributed by atoms with Gasteiger partial charge in [-0.05, 0) is 5.56 Å². The third-order valence-electron chi connectivity index (χ3n) is 2.46. The van der Waals surface area contributed by atoms with Gasteiger partial charge in [-0.2, -0.15) is 0 Å². The number of hydrogen-bond donors (Lipinski definition) is 2. The fourth-order valence-corrected chi connectivity index (χ4v) is 1.57. The highest BCUT2D eigenvalue weighted by molar-refractivity contribution is 5.84. The first-order valence-electron chi connectivity index (χ1n) is 5.38. The molecule has 0 heterocycles. The maximum Gasteiger partial charge on any atom is 0.157 e. The first kappa shape index (κ1) is 12.0. The average molecular weight is 244 g/mol. The summed E-state index contributed by atoms with van der Waals surface area (Å²) in [5.41, 5.74) is 0.959. The molecule has 0 aromatic heterocycles. The van der Waals surface area contributed by atoms with Gasteiger partial charge in [0.1, 0.15) is 23.9 Å². The number of rotatable bonds is 4. The monoisotopic (exact) mass is 244 g/mol. The third kappa shape index (κ3) is 2.60. The van der Waals surface area contributed by atoms with Gasteiger partial charge in [-0.3, -0.25) is 4.79 Å². The van der Waals surface area contributed by atoms with Crippen LogP contribution in [0.4, 0.5) is 0 Å². The van der Waals surface area contributed by atoms with Crippen LogP contribution < -0.4 is 4.74 Å². The highest BCUT2D eigenvalue weighted by atomic mass is 16.5. The van der Waals surface area contributed by atoms with Crippen molar-refractivity contribution in [1.29, 1.82) is 0 Å². The standard InChI is InChI=1S/C14H12O4/c15-8-12-13(17)6-11(16)7-14(12)18-9-10-4-2-1-3-5-10/h1-8,16-17H,9H2. The Labute approximate surface area is 104 Å². The van der Waals surface area contributed by atoms with Crippen LogP contribution in [0.3, 0.4) is 0 Å². The van der Waals surface area contributed by atoms with Crippen LogP contribution in [0.2, 0.25) is 0 Å². The van der Waals surface area contributed by atoms with Crippen molar-refractivity contribution in [3.63, 3.8) is 0 Å². The maximum absolute atomic E-state index is 10.8. The van der Waals surface area contributed by atoms with Gasteiger partial charge < -0.3 is 14.9 Å². The summed E-state index contributed by atoms with van der Waals surface area (Å²) in [7, 11) is 0. The molecule has 0 radical (unpaired) electrons. The molecule has 2 N–H and O–H groups in total. The molecular formula is C14H12O4. The van der Waals surface area contributed by atoms with E-state index in [2.05, 4.69) is 0 Å². The van der Waals surface area contributed by atoms with E-state index in [-0.39, 0.29) is 29.4 Å². The summed E-state index contributed by atoms with van der Waals surface area (Å²) in [4.78, 5) is 10.8. The molecule has 0 aliphatic carbocycles. The number of ether oxygens (including phenoxy) is 1. The highest BCUT2D eigenvalue weighted by Crippen LogP contribution is 2.31. The summed E-state index contributed by atoms with van der Waals surface area (Å²) in [6, 6.07) is 11.8. The normalized spacial score (nSPS) is 10.0. The summed E-state index contributed by atoms with van der Waals surface area (Å²) in [5, 5.41) is 18.9. The van der Waals surface area contributed by atoms with Gasteiger partial charge in [0.2, 0.25) is 0 Å². The van der Waals surface area contributed by atoms with Gasteiger partial charge in [0.05, 0.1) is 5.56 Å². The quantitative estimate of drug-likeness (QED) is 0.811. The van der Waals surface area contributed by atoms with Crippen LogP contribution in [-0.4, -0.2) is 16.5 Å². The van der Waals surface area contributed by atoms with Crippen molar-refractivity contribution in [2.45, 2.75) is 6.61 Å². The summed E-state index contributed by atoms with van der Waals surface area (Å²) in [5.74, 6) is -0.291. The van der Waals surface area contributed by atoms with Crippen molar-refractivity contribution >= 4 is 6.29 Å². The lowest BCUT2D eigenvalue weighted by atomic mass is 10.2. The molecule has 18 heavy (non-hydrogen) atoms. The predicted molar refractivity (Wildman–Crippen MR) is 65.9 cm³/mol. The summed E-state index contributed by atoms with van der Waals surface area (Å²) >= 11 is 0. The second-order valence-corrected chi connectivity index (χ2v) is 3.77. The lowest BCUT2D eigenvalue weighted by Gasteiger charge is -2.10. The lowest BCUT2D eigenvalue weighted by Crippen LogP contribution is -1.98. The average Bonchev–Trinajstić information content (AvgIpc) is 2.37. The van der Waals surface area contributed by atoms with Gasteiger partial charge in [0.15, 0.2) is 6.29 Å². The molecule has 0 spiro atoms. The molecule has 0 amide bonds. The molecule has 0 saturated heterocycles. The van der Waals surface area contributed by atoms with E-state index in [9.17, 15) is 15.0 Å². The van der Waals surface area contributed by atoms with Gasteiger partial charge in [0.25, 0.3) is 0 Å². The Kier molecular flexibility index (Phi) is 3.48. The number of carbonyl (C=O) groups is 1. The minimum absolute atomic E-state index is 0.0312. The first-order chi connectivity index (χ1) is 8.70. The van der Waals surface area contributed by atoms with Crippen molar-refractivity contribution < 1.29 is 19.7 Å². The largest absolute Gasteiger partial charge is 0.508 e. The van der Waals surface area contributed by atoms with Crippen LogP contribution in [0.25, 0.3) is 0 Å². The molecule has 0 aliphatic rings. The molecule has 92 valence electrons. The fourth-order valence-electron chi connectivity index (χ4n) is 1.57. The fraction of sp³-hybridized carbons (Fsp3) is 0.0714. The Morgan fingerprint density at radius 1 is 1.11 bits per heavy atom. The Morgan fingerprint density at radius 2 is 1.83 bits per heavy atom. The van der Waals surface area contributed by atoms with Gasteiger partial charge >= 0.3 is 0 Å². The van der Waals surface area contributed by atoms with Crippen molar-refractivity contribution in [1.82, 2.24) is 0 Å². The summed E-state index contributed by atoms with van der Waals surface area (Å²) < 4.78 is 5.42. The smallest absolute Gasteiger partial charge is 0.157 e. The van der Waals surface area contributed by atoms with Crippen molar-refractivity contribution in [2.24, 2.45) is 0 Å². The minimum Gasteiger partial charge on any atom is -0.508 e. The number of aldehydes is 1. The number of benzene rings is 2. The van der Waals surface area contributed by atoms with E-state index >= 15 is 0 Å². The van der Waals surface area contributed by atoms with E-state index in [1.807, 2.05) is 30.3 Å². The van der Waals surface area contributed by atoms with Crippen LogP contribution in [0, 0.1) is 0 Å². The minimum atomic E-state index is -0.298. The van der Waals surface area contributed by atoms with Crippen LogP contribution in [-0.2, 0) is 6.61 Å². The van der Waals surface area contributed by atoms with Crippen molar-refractivity contribution in [3.8, 4) is 17.2 Å². The van der Waals surface area contributed by atoms with Crippen LogP contribution in [0.15, 0.2) is 42.5 Å². The molecule has 2 aromatic carbocycles. The second-order valence-electron chi connectivity index (χ2n) is 3.77. The van der Waals surface area contributed by atoms with E-state index in [1.165, 1.54) is 6.07 Å². The Balaban J connectivity index is 2.21. The van der Waals surface area contributed by atoms with Gasteiger partial charge in [-0.25, -0.2) is 0 Å². The molecular weight excluding hydrogens is 232 g/mol. The zero-order chi connectivity index (χ0) is 13.0. The topological polar surface area (TPSA) is 66.8 Å². The predicted octanol–water partition coefficient (Wildman–Crippen LogP) is 2.49. The molecule has 0 fully saturated rings. The zero-order valence-corrected chi connectivity index (χ0v) is 9.54. The molecule has 4 heteroatoms. The van der Waals surface area contributed by atoms with Crippen molar-refractivity contribution in [3.05, 3.63) is 53.6 Å². The number of phenols is 2. The number of carbonyl (C=O) groups excluding carboxylic acids is 1. The molecule has 0 unspecified atom stereocenters. The molecule has 0 atom stereocenters. The Morgan fingerprint density at radius 3 is 2.50 bits per heavy atom. The van der Waals surface area contributed by atoms with E-state index < -0.39 is 0 Å². The summed E-state index contributed by atoms with van der Waals surface area (Å²) in [6.45, 7) is 0.255. The van der Waals surface area contributed by atoms with E-state index in [0.717, 1.165) is 11.6 Å². The summed E-state index contributed by atoms with van der Waals surface area (Å²) in [6.07, 6.45) is 0.495. The Hall–Kier alpha value is -2.49. The number of phenolic OH excluding ortho intramolecular Hbond substituents is 2.